The molecule has 6 atom stereocenters. The number of carbonyl (C=O) groups is 2. The summed E-state index contributed by atoms with van der Waals surface area (Å²) < 4.78 is 22.0. The van der Waals surface area contributed by atoms with E-state index in [1.165, 1.54) is 0 Å². The first-order chi connectivity index (χ1) is 25.3. The molecule has 0 aliphatic carbocycles. The fraction of sp³-hybridized carbons (Fsp3) is 0.619. The molecule has 1 fully saturated rings. The highest BCUT2D eigenvalue weighted by Gasteiger charge is 2.44. The van der Waals surface area contributed by atoms with Crippen LogP contribution in [0.5, 0.6) is 0 Å². The minimum Gasteiger partial charge on any atom is -0.462 e. The van der Waals surface area contributed by atoms with Gasteiger partial charge in [-0.1, -0.05) is 118 Å². The molecular weight excluding hydrogens is 664 g/mol. The van der Waals surface area contributed by atoms with E-state index >= 15 is 0 Å². The minimum atomic E-state index is -1.61. The molecule has 4 N–H and O–H groups in total. The number of carbonyl (C=O) groups excluding carboxylic acids is 2. The molecule has 0 spiro atoms. The molecule has 0 aromatic heterocycles. The smallest absolute Gasteiger partial charge is 0.306 e. The van der Waals surface area contributed by atoms with Crippen molar-refractivity contribution in [3.63, 3.8) is 0 Å². The molecule has 10 heteroatoms. The number of hydrogen-bond donors (Lipinski definition) is 4. The van der Waals surface area contributed by atoms with Gasteiger partial charge in [-0.25, -0.2) is 0 Å². The van der Waals surface area contributed by atoms with Gasteiger partial charge < -0.3 is 39.4 Å². The van der Waals surface area contributed by atoms with Gasteiger partial charge in [-0.05, 0) is 64.2 Å². The van der Waals surface area contributed by atoms with Crippen LogP contribution in [-0.2, 0) is 28.5 Å². The third-order valence-corrected chi connectivity index (χ3v) is 8.12. The second kappa shape index (κ2) is 32.5. The summed E-state index contributed by atoms with van der Waals surface area (Å²) >= 11 is 0. The van der Waals surface area contributed by atoms with E-state index in [4.69, 9.17) is 18.9 Å². The van der Waals surface area contributed by atoms with Gasteiger partial charge >= 0.3 is 11.9 Å². The monoisotopic (exact) mass is 730 g/mol. The van der Waals surface area contributed by atoms with Crippen molar-refractivity contribution < 1.29 is 49.0 Å². The van der Waals surface area contributed by atoms with E-state index in [9.17, 15) is 30.0 Å². The summed E-state index contributed by atoms with van der Waals surface area (Å²) in [5.74, 6) is -0.892. The van der Waals surface area contributed by atoms with Crippen LogP contribution in [0.4, 0.5) is 0 Å². The zero-order valence-electron chi connectivity index (χ0n) is 31.5. The average molecular weight is 731 g/mol. The number of aliphatic hydroxyl groups excluding tert-OH is 4. The SMILES string of the molecule is CC/C=C/C=C/C=C/C=C/CCCCCC(=O)OC(COC(=O)CCCCCC/C=C/C/C=C/C/C=C/CC)CO[C@H]1O[C@@H](CO)[C@@H](O)C(O)C1O. The van der Waals surface area contributed by atoms with Crippen molar-refractivity contribution in [2.75, 3.05) is 19.8 Å². The summed E-state index contributed by atoms with van der Waals surface area (Å²) in [6.45, 7) is 3.06. The molecule has 1 saturated heterocycles. The van der Waals surface area contributed by atoms with Crippen molar-refractivity contribution in [1.29, 1.82) is 0 Å². The normalized spacial score (nSPS) is 22.0. The first kappa shape index (κ1) is 46.9. The van der Waals surface area contributed by atoms with Crippen molar-refractivity contribution in [1.82, 2.24) is 0 Å². The van der Waals surface area contributed by atoms with Crippen LogP contribution in [0.3, 0.4) is 0 Å². The van der Waals surface area contributed by atoms with Crippen molar-refractivity contribution in [3.05, 3.63) is 85.1 Å². The molecular formula is C42H66O10. The highest BCUT2D eigenvalue weighted by molar-refractivity contribution is 5.70. The van der Waals surface area contributed by atoms with Crippen LogP contribution in [0.15, 0.2) is 85.1 Å². The van der Waals surface area contributed by atoms with E-state index in [1.54, 1.807) is 0 Å². The van der Waals surface area contributed by atoms with Gasteiger partial charge in [-0.3, -0.25) is 9.59 Å². The second-order valence-corrected chi connectivity index (χ2v) is 12.7. The molecule has 0 bridgehead atoms. The number of aliphatic hydroxyl groups is 4. The Balaban J connectivity index is 2.46. The van der Waals surface area contributed by atoms with Crippen LogP contribution in [0.2, 0.25) is 0 Å². The van der Waals surface area contributed by atoms with Crippen LogP contribution in [0.1, 0.15) is 110 Å². The quantitative estimate of drug-likeness (QED) is 0.0273. The molecule has 294 valence electrons. The van der Waals surface area contributed by atoms with Crippen molar-refractivity contribution in [2.24, 2.45) is 0 Å². The first-order valence-corrected chi connectivity index (χ1v) is 19.2. The maximum absolute atomic E-state index is 12.7. The molecule has 1 heterocycles. The maximum Gasteiger partial charge on any atom is 0.306 e. The molecule has 0 radical (unpaired) electrons. The summed E-state index contributed by atoms with van der Waals surface area (Å²) in [6, 6.07) is 0. The molecule has 1 aliphatic rings. The van der Waals surface area contributed by atoms with E-state index in [0.29, 0.717) is 12.8 Å². The standard InChI is InChI=1S/C42H66O10/c1-3-5-7-9-11-13-15-17-19-20-22-24-26-28-30-37(44)49-33-35(34-50-42-41(48)40(47)39(46)36(32-43)52-42)51-38(45)31-29-27-25-23-21-18-16-14-12-10-8-6-4-2/h5-8,10-14,16-19,21,35-36,39-43,46-48H,3-4,9,15,20,22-34H2,1-2H3/b7-5+,8-6+,12-10+,13-11+,16-14+,19-17+,21-18+/t35?,36-,39+,40?,41?,42-/m0/s1. The zero-order valence-corrected chi connectivity index (χ0v) is 31.5. The number of ether oxygens (including phenoxy) is 4. The van der Waals surface area contributed by atoms with Crippen LogP contribution < -0.4 is 0 Å². The second-order valence-electron chi connectivity index (χ2n) is 12.7. The Bertz CT molecular complexity index is 1120. The maximum atomic E-state index is 12.7. The fourth-order valence-corrected chi connectivity index (χ4v) is 5.09. The molecule has 10 nitrogen and oxygen atoms in total. The topological polar surface area (TPSA) is 152 Å². The van der Waals surface area contributed by atoms with Crippen LogP contribution in [0, 0.1) is 0 Å². The molecule has 1 aliphatic heterocycles. The van der Waals surface area contributed by atoms with E-state index in [0.717, 1.165) is 70.6 Å². The van der Waals surface area contributed by atoms with Crippen molar-refractivity contribution >= 4 is 11.9 Å². The van der Waals surface area contributed by atoms with Gasteiger partial charge in [0.2, 0.25) is 0 Å². The molecule has 0 saturated carbocycles. The average Bonchev–Trinajstić information content (AvgIpc) is 3.14. The molecule has 3 unspecified atom stereocenters. The minimum absolute atomic E-state index is 0.173. The summed E-state index contributed by atoms with van der Waals surface area (Å²) in [5.41, 5.74) is 0. The number of unbranched alkanes of at least 4 members (excludes halogenated alkanes) is 7. The molecule has 0 aromatic carbocycles. The highest BCUT2D eigenvalue weighted by Crippen LogP contribution is 2.22. The fourth-order valence-electron chi connectivity index (χ4n) is 5.09. The van der Waals surface area contributed by atoms with E-state index in [2.05, 4.69) is 62.5 Å². The van der Waals surface area contributed by atoms with E-state index < -0.39 is 55.4 Å². The lowest BCUT2D eigenvalue weighted by Gasteiger charge is -2.39. The van der Waals surface area contributed by atoms with Gasteiger partial charge in [0.05, 0.1) is 13.2 Å². The number of esters is 2. The van der Waals surface area contributed by atoms with Crippen molar-refractivity contribution in [2.45, 2.75) is 147 Å². The largest absolute Gasteiger partial charge is 0.462 e. The first-order valence-electron chi connectivity index (χ1n) is 19.2. The zero-order chi connectivity index (χ0) is 38.1. The van der Waals surface area contributed by atoms with E-state index in [1.807, 2.05) is 36.5 Å². The predicted molar refractivity (Wildman–Crippen MR) is 205 cm³/mol. The van der Waals surface area contributed by atoms with E-state index in [-0.39, 0.29) is 26.1 Å². The third-order valence-electron chi connectivity index (χ3n) is 8.12. The highest BCUT2D eigenvalue weighted by atomic mass is 16.7. The molecule has 1 rings (SSSR count). The number of hydrogen-bond acceptors (Lipinski definition) is 10. The van der Waals surface area contributed by atoms with Gasteiger partial charge in [0, 0.05) is 12.8 Å². The summed E-state index contributed by atoms with van der Waals surface area (Å²) in [4.78, 5) is 25.2. The van der Waals surface area contributed by atoms with Gasteiger partial charge in [0.15, 0.2) is 12.4 Å². The lowest BCUT2D eigenvalue weighted by Crippen LogP contribution is -2.59. The van der Waals surface area contributed by atoms with Crippen LogP contribution in [-0.4, -0.2) is 89.0 Å². The molecule has 0 aromatic rings. The number of allylic oxidation sites excluding steroid dienone is 14. The Kier molecular flexibility index (Phi) is 29.3. The summed E-state index contributed by atoms with van der Waals surface area (Å²) in [7, 11) is 0. The lowest BCUT2D eigenvalue weighted by atomic mass is 9.99. The van der Waals surface area contributed by atoms with Gasteiger partial charge in [-0.2, -0.15) is 0 Å². The van der Waals surface area contributed by atoms with Gasteiger partial charge in [-0.15, -0.1) is 0 Å². The summed E-state index contributed by atoms with van der Waals surface area (Å²) in [6.07, 6.45) is 33.1. The Morgan fingerprint density at radius 1 is 0.615 bits per heavy atom. The molecule has 0 amide bonds. The van der Waals surface area contributed by atoms with Crippen LogP contribution >= 0.6 is 0 Å². The predicted octanol–water partition coefficient (Wildman–Crippen LogP) is 7.04. The van der Waals surface area contributed by atoms with Gasteiger partial charge in [0.1, 0.15) is 31.0 Å². The lowest BCUT2D eigenvalue weighted by molar-refractivity contribution is -0.305. The van der Waals surface area contributed by atoms with Crippen molar-refractivity contribution in [3.8, 4) is 0 Å². The summed E-state index contributed by atoms with van der Waals surface area (Å²) in [5, 5.41) is 39.9. The Morgan fingerprint density at radius 2 is 1.17 bits per heavy atom. The molecule has 52 heavy (non-hydrogen) atoms. The van der Waals surface area contributed by atoms with Gasteiger partial charge in [0.25, 0.3) is 0 Å². The third kappa shape index (κ3) is 24.2. The Labute approximate surface area is 312 Å². The van der Waals surface area contributed by atoms with Crippen LogP contribution in [0.25, 0.3) is 0 Å². The Hall–Kier alpha value is -3.12. The Morgan fingerprint density at radius 3 is 1.85 bits per heavy atom. The number of rotatable bonds is 29.